The molecule has 6 N–H and O–H groups in total. The Bertz CT molecular complexity index is 864. The van der Waals surface area contributed by atoms with E-state index in [-0.39, 0.29) is 0 Å². The zero-order valence-corrected chi connectivity index (χ0v) is 12.9. The number of fused-ring (bicyclic) bond motifs is 2. The summed E-state index contributed by atoms with van der Waals surface area (Å²) in [5.74, 6) is 12.7. The van der Waals surface area contributed by atoms with Gasteiger partial charge >= 0.3 is 0 Å². The van der Waals surface area contributed by atoms with E-state index in [1.54, 1.807) is 0 Å². The Balaban J connectivity index is 1.97. The van der Waals surface area contributed by atoms with Crippen LogP contribution in [-0.4, -0.2) is 5.66 Å². The number of nitrogens with one attached hydrogen (secondary N) is 2. The Morgan fingerprint density at radius 1 is 1.04 bits per heavy atom. The van der Waals surface area contributed by atoms with E-state index in [0.29, 0.717) is 5.76 Å². The normalized spacial score (nSPS) is 17.7. The SMILES string of the molecule is NNC1(NN)C=CC2=C(c3ccccc3)c3cc[c]cc3OC2=C1. The number of hydrogen-bond donors (Lipinski definition) is 4. The van der Waals surface area contributed by atoms with Gasteiger partial charge in [0.25, 0.3) is 0 Å². The molecule has 2 aliphatic rings. The molecule has 5 heteroatoms. The van der Waals surface area contributed by atoms with E-state index in [4.69, 9.17) is 16.4 Å². The Kier molecular flexibility index (Phi) is 3.55. The van der Waals surface area contributed by atoms with Crippen LogP contribution in [0.4, 0.5) is 0 Å². The minimum Gasteiger partial charge on any atom is -0.456 e. The van der Waals surface area contributed by atoms with Gasteiger partial charge in [0.15, 0.2) is 0 Å². The van der Waals surface area contributed by atoms with E-state index in [0.717, 1.165) is 28.0 Å². The molecule has 0 saturated heterocycles. The molecule has 0 unspecified atom stereocenters. The van der Waals surface area contributed by atoms with Gasteiger partial charge in [0, 0.05) is 16.7 Å². The van der Waals surface area contributed by atoms with E-state index < -0.39 is 5.66 Å². The van der Waals surface area contributed by atoms with Crippen LogP contribution in [0.2, 0.25) is 0 Å². The lowest BCUT2D eigenvalue weighted by molar-refractivity contribution is 0.371. The summed E-state index contributed by atoms with van der Waals surface area (Å²) in [5.41, 5.74) is 8.73. The molecule has 0 fully saturated rings. The minimum atomic E-state index is -0.851. The number of rotatable bonds is 3. The molecule has 0 saturated carbocycles. The fourth-order valence-electron chi connectivity index (χ4n) is 3.03. The molecular formula is C19H17N4O. The molecule has 1 radical (unpaired) electrons. The monoisotopic (exact) mass is 317 g/mol. The standard InChI is InChI=1S/C19H17N4O/c20-22-19(23-21)11-10-15-17(12-19)24-16-9-5-4-8-14(16)18(15)13-6-2-1-3-7-13/h1-4,6-12,22-23H,20-21H2. The van der Waals surface area contributed by atoms with Gasteiger partial charge < -0.3 is 4.74 Å². The maximum Gasteiger partial charge on any atom is 0.136 e. The fourth-order valence-corrected chi connectivity index (χ4v) is 3.03. The number of hydrogen-bond acceptors (Lipinski definition) is 5. The van der Waals surface area contributed by atoms with Crippen molar-refractivity contribution in [3.8, 4) is 5.75 Å². The lowest BCUT2D eigenvalue weighted by Gasteiger charge is -2.33. The second kappa shape index (κ2) is 5.74. The average molecular weight is 317 g/mol. The Morgan fingerprint density at radius 2 is 1.83 bits per heavy atom. The number of nitrogens with two attached hydrogens (primary N) is 2. The average Bonchev–Trinajstić information content (AvgIpc) is 2.66. The van der Waals surface area contributed by atoms with Crippen LogP contribution in [0.1, 0.15) is 11.1 Å². The Morgan fingerprint density at radius 3 is 2.58 bits per heavy atom. The summed E-state index contributed by atoms with van der Waals surface area (Å²) in [6.07, 6.45) is 5.68. The van der Waals surface area contributed by atoms with Crippen LogP contribution in [0.5, 0.6) is 5.75 Å². The van der Waals surface area contributed by atoms with Crippen molar-refractivity contribution in [2.45, 2.75) is 5.66 Å². The van der Waals surface area contributed by atoms with E-state index in [2.05, 4.69) is 29.1 Å². The van der Waals surface area contributed by atoms with Gasteiger partial charge in [0.1, 0.15) is 17.2 Å². The topological polar surface area (TPSA) is 85.3 Å². The molecule has 2 aromatic carbocycles. The summed E-state index contributed by atoms with van der Waals surface area (Å²) in [4.78, 5) is 0. The molecule has 0 spiro atoms. The molecule has 4 rings (SSSR count). The first-order valence-corrected chi connectivity index (χ1v) is 7.62. The molecule has 0 amide bonds. The highest BCUT2D eigenvalue weighted by Crippen LogP contribution is 2.43. The zero-order chi connectivity index (χ0) is 16.6. The van der Waals surface area contributed by atoms with Crippen molar-refractivity contribution in [2.75, 3.05) is 0 Å². The van der Waals surface area contributed by atoms with Crippen molar-refractivity contribution in [2.24, 2.45) is 11.7 Å². The second-order valence-corrected chi connectivity index (χ2v) is 5.68. The van der Waals surface area contributed by atoms with Crippen molar-refractivity contribution in [3.05, 3.63) is 95.3 Å². The van der Waals surface area contributed by atoms with Crippen LogP contribution >= 0.6 is 0 Å². The fraction of sp³-hybridized carbons (Fsp3) is 0.0526. The van der Waals surface area contributed by atoms with E-state index >= 15 is 0 Å². The third-order valence-electron chi connectivity index (χ3n) is 4.26. The summed E-state index contributed by atoms with van der Waals surface area (Å²) in [6.45, 7) is 0. The maximum absolute atomic E-state index is 6.08. The van der Waals surface area contributed by atoms with E-state index in [1.165, 1.54) is 0 Å². The summed E-state index contributed by atoms with van der Waals surface area (Å²) < 4.78 is 6.08. The van der Waals surface area contributed by atoms with Crippen LogP contribution in [0.15, 0.2) is 78.1 Å². The predicted molar refractivity (Wildman–Crippen MR) is 93.0 cm³/mol. The highest BCUT2D eigenvalue weighted by Gasteiger charge is 2.32. The number of benzene rings is 2. The van der Waals surface area contributed by atoms with Crippen LogP contribution in [0.3, 0.4) is 0 Å². The first-order valence-electron chi connectivity index (χ1n) is 7.62. The quantitative estimate of drug-likeness (QED) is 0.394. The van der Waals surface area contributed by atoms with Crippen molar-refractivity contribution in [1.29, 1.82) is 0 Å². The molecule has 24 heavy (non-hydrogen) atoms. The van der Waals surface area contributed by atoms with Crippen molar-refractivity contribution in [1.82, 2.24) is 10.9 Å². The molecule has 1 aliphatic heterocycles. The maximum atomic E-state index is 6.08. The van der Waals surface area contributed by atoms with Gasteiger partial charge in [-0.15, -0.1) is 0 Å². The minimum absolute atomic E-state index is 0.694. The third kappa shape index (κ3) is 2.28. The van der Waals surface area contributed by atoms with Crippen LogP contribution < -0.4 is 27.3 Å². The summed E-state index contributed by atoms with van der Waals surface area (Å²) in [5, 5.41) is 0. The van der Waals surface area contributed by atoms with Gasteiger partial charge in [-0.3, -0.25) is 11.7 Å². The van der Waals surface area contributed by atoms with Crippen molar-refractivity contribution >= 4 is 5.57 Å². The van der Waals surface area contributed by atoms with Gasteiger partial charge in [0.2, 0.25) is 0 Å². The van der Waals surface area contributed by atoms with Crippen LogP contribution in [0, 0.1) is 6.07 Å². The zero-order valence-electron chi connectivity index (χ0n) is 12.9. The molecule has 0 bridgehead atoms. The Hall–Kier alpha value is -2.70. The lowest BCUT2D eigenvalue weighted by atomic mass is 9.86. The van der Waals surface area contributed by atoms with Crippen LogP contribution in [0.25, 0.3) is 5.57 Å². The van der Waals surface area contributed by atoms with Gasteiger partial charge in [0.05, 0.1) is 0 Å². The second-order valence-electron chi connectivity index (χ2n) is 5.68. The molecule has 1 aliphatic carbocycles. The molecule has 2 aromatic rings. The highest BCUT2D eigenvalue weighted by atomic mass is 16.5. The predicted octanol–water partition coefficient (Wildman–Crippen LogP) is 1.76. The largest absolute Gasteiger partial charge is 0.456 e. The first-order chi connectivity index (χ1) is 11.8. The van der Waals surface area contributed by atoms with Gasteiger partial charge in [-0.25, -0.2) is 10.9 Å². The lowest BCUT2D eigenvalue weighted by Crippen LogP contribution is -2.60. The van der Waals surface area contributed by atoms with E-state index in [1.807, 2.05) is 54.6 Å². The summed E-state index contributed by atoms with van der Waals surface area (Å²) in [6, 6.07) is 19.0. The molecule has 0 atom stereocenters. The van der Waals surface area contributed by atoms with E-state index in [9.17, 15) is 0 Å². The van der Waals surface area contributed by atoms with Crippen molar-refractivity contribution < 1.29 is 4.74 Å². The molecule has 119 valence electrons. The summed E-state index contributed by atoms with van der Waals surface area (Å²) in [7, 11) is 0. The highest BCUT2D eigenvalue weighted by molar-refractivity contribution is 5.90. The molecule has 0 aromatic heterocycles. The first kappa shape index (κ1) is 14.9. The molecular weight excluding hydrogens is 300 g/mol. The smallest absolute Gasteiger partial charge is 0.136 e. The molecule has 5 nitrogen and oxygen atoms in total. The van der Waals surface area contributed by atoms with Gasteiger partial charge in [-0.1, -0.05) is 42.5 Å². The summed E-state index contributed by atoms with van der Waals surface area (Å²) >= 11 is 0. The molecule has 1 heterocycles. The number of allylic oxidation sites excluding steroid dienone is 1. The van der Waals surface area contributed by atoms with Gasteiger partial charge in [-0.05, 0) is 35.9 Å². The van der Waals surface area contributed by atoms with Crippen LogP contribution in [-0.2, 0) is 0 Å². The number of hydrazine groups is 2. The third-order valence-corrected chi connectivity index (χ3v) is 4.26. The van der Waals surface area contributed by atoms with Crippen molar-refractivity contribution in [3.63, 3.8) is 0 Å². The number of ether oxygens (including phenoxy) is 1. The van der Waals surface area contributed by atoms with Gasteiger partial charge in [-0.2, -0.15) is 0 Å². The Labute approximate surface area is 140 Å².